The van der Waals surface area contributed by atoms with Crippen molar-refractivity contribution in [3.05, 3.63) is 81.5 Å². The maximum absolute atomic E-state index is 12.4. The Labute approximate surface area is 164 Å². The van der Waals surface area contributed by atoms with Crippen molar-refractivity contribution in [2.24, 2.45) is 0 Å². The highest BCUT2D eigenvalue weighted by atomic mass is 35.5. The van der Waals surface area contributed by atoms with Gasteiger partial charge in [0.25, 0.3) is 5.91 Å². The highest BCUT2D eigenvalue weighted by Gasteiger charge is 2.18. The summed E-state index contributed by atoms with van der Waals surface area (Å²) in [4.78, 5) is 26.9. The third-order valence-electron chi connectivity index (χ3n) is 3.67. The van der Waals surface area contributed by atoms with Gasteiger partial charge in [-0.3, -0.25) is 14.9 Å². The largest absolute Gasteiger partial charge is 0.490 e. The van der Waals surface area contributed by atoms with Crippen molar-refractivity contribution in [2.75, 3.05) is 12.4 Å². The zero-order valence-electron chi connectivity index (χ0n) is 14.6. The molecular formula is C19H14ClN3O5. The first-order chi connectivity index (χ1) is 13.5. The summed E-state index contributed by atoms with van der Waals surface area (Å²) < 4.78 is 10.5. The maximum Gasteiger partial charge on any atom is 0.311 e. The topological polar surface area (TPSA) is 104 Å². The van der Waals surface area contributed by atoms with Gasteiger partial charge in [-0.1, -0.05) is 11.6 Å². The number of nitrogens with zero attached hydrogens (tertiary/aromatic N) is 2. The van der Waals surface area contributed by atoms with E-state index in [2.05, 4.69) is 10.3 Å². The Hall–Kier alpha value is -3.65. The van der Waals surface area contributed by atoms with Crippen LogP contribution in [0.3, 0.4) is 0 Å². The summed E-state index contributed by atoms with van der Waals surface area (Å²) in [5.41, 5.74) is 0.237. The number of ether oxygens (including phenoxy) is 2. The third kappa shape index (κ3) is 4.54. The SMILES string of the molecule is COc1ccc(C(=O)Nc2ccc(Oc3ccc(Cl)cc3)nc2)cc1[N+](=O)[O-]. The molecule has 9 heteroatoms. The monoisotopic (exact) mass is 399 g/mol. The molecule has 0 aliphatic rings. The molecule has 0 saturated carbocycles. The van der Waals surface area contributed by atoms with Gasteiger partial charge in [-0.15, -0.1) is 0 Å². The highest BCUT2D eigenvalue weighted by Crippen LogP contribution is 2.28. The van der Waals surface area contributed by atoms with Gasteiger partial charge in [-0.2, -0.15) is 0 Å². The second kappa shape index (κ2) is 8.36. The van der Waals surface area contributed by atoms with Crippen molar-refractivity contribution >= 4 is 28.9 Å². The lowest BCUT2D eigenvalue weighted by Gasteiger charge is -2.08. The molecule has 1 amide bonds. The molecule has 2 aromatic carbocycles. The predicted octanol–water partition coefficient (Wildman–Crippen LogP) is 4.70. The number of halogens is 1. The normalized spacial score (nSPS) is 10.2. The van der Waals surface area contributed by atoms with Crippen molar-refractivity contribution in [3.8, 4) is 17.4 Å². The van der Waals surface area contributed by atoms with Gasteiger partial charge in [0.2, 0.25) is 5.88 Å². The molecule has 0 bridgehead atoms. The number of rotatable bonds is 6. The van der Waals surface area contributed by atoms with Gasteiger partial charge in [-0.05, 0) is 42.5 Å². The summed E-state index contributed by atoms with van der Waals surface area (Å²) >= 11 is 5.82. The highest BCUT2D eigenvalue weighted by molar-refractivity contribution is 6.30. The van der Waals surface area contributed by atoms with Crippen LogP contribution in [0.2, 0.25) is 5.02 Å². The number of methoxy groups -OCH3 is 1. The first-order valence-electron chi connectivity index (χ1n) is 7.99. The number of nitro benzene ring substituents is 1. The fraction of sp³-hybridized carbons (Fsp3) is 0.0526. The van der Waals surface area contributed by atoms with Gasteiger partial charge in [0.15, 0.2) is 5.75 Å². The van der Waals surface area contributed by atoms with Crippen LogP contribution < -0.4 is 14.8 Å². The van der Waals surface area contributed by atoms with Crippen molar-refractivity contribution in [3.63, 3.8) is 0 Å². The Morgan fingerprint density at radius 2 is 1.89 bits per heavy atom. The summed E-state index contributed by atoms with van der Waals surface area (Å²) in [6, 6.07) is 13.9. The third-order valence-corrected chi connectivity index (χ3v) is 3.92. The lowest BCUT2D eigenvalue weighted by Crippen LogP contribution is -2.12. The number of benzene rings is 2. The van der Waals surface area contributed by atoms with E-state index in [1.807, 2.05) is 0 Å². The Morgan fingerprint density at radius 1 is 1.14 bits per heavy atom. The van der Waals surface area contributed by atoms with Gasteiger partial charge in [0, 0.05) is 22.7 Å². The van der Waals surface area contributed by atoms with Crippen LogP contribution in [0.4, 0.5) is 11.4 Å². The zero-order chi connectivity index (χ0) is 20.1. The molecule has 28 heavy (non-hydrogen) atoms. The van der Waals surface area contributed by atoms with Crippen LogP contribution >= 0.6 is 11.6 Å². The zero-order valence-corrected chi connectivity index (χ0v) is 15.3. The molecule has 1 aromatic heterocycles. The maximum atomic E-state index is 12.4. The van der Waals surface area contributed by atoms with E-state index in [1.54, 1.807) is 36.4 Å². The van der Waals surface area contributed by atoms with Crippen molar-refractivity contribution in [1.82, 2.24) is 4.98 Å². The number of hydrogen-bond acceptors (Lipinski definition) is 6. The molecule has 1 heterocycles. The second-order valence-corrected chi connectivity index (χ2v) is 5.98. The summed E-state index contributed by atoms with van der Waals surface area (Å²) in [5.74, 6) is 0.463. The fourth-order valence-corrected chi connectivity index (χ4v) is 2.44. The molecule has 0 atom stereocenters. The van der Waals surface area contributed by atoms with E-state index in [1.165, 1.54) is 25.4 Å². The van der Waals surface area contributed by atoms with Crippen LogP contribution in [0.25, 0.3) is 0 Å². The minimum atomic E-state index is -0.611. The number of carbonyl (C=O) groups is 1. The van der Waals surface area contributed by atoms with Crippen molar-refractivity contribution in [2.45, 2.75) is 0 Å². The lowest BCUT2D eigenvalue weighted by atomic mass is 10.1. The van der Waals surface area contributed by atoms with E-state index in [0.29, 0.717) is 22.3 Å². The number of amides is 1. The van der Waals surface area contributed by atoms with Crippen LogP contribution in [0.1, 0.15) is 10.4 Å². The summed E-state index contributed by atoms with van der Waals surface area (Å²) in [6.45, 7) is 0. The average Bonchev–Trinajstić information content (AvgIpc) is 2.70. The molecule has 0 aliphatic heterocycles. The number of anilines is 1. The van der Waals surface area contributed by atoms with Gasteiger partial charge in [0.05, 0.1) is 23.9 Å². The van der Waals surface area contributed by atoms with Crippen molar-refractivity contribution < 1.29 is 19.2 Å². The molecule has 0 spiro atoms. The number of nitro groups is 1. The van der Waals surface area contributed by atoms with E-state index in [0.717, 1.165) is 6.07 Å². The average molecular weight is 400 g/mol. The van der Waals surface area contributed by atoms with Crippen molar-refractivity contribution in [1.29, 1.82) is 0 Å². The molecule has 3 aromatic rings. The first-order valence-corrected chi connectivity index (χ1v) is 8.37. The summed E-state index contributed by atoms with van der Waals surface area (Å²) in [5, 5.41) is 14.3. The summed E-state index contributed by atoms with van der Waals surface area (Å²) in [7, 11) is 1.32. The minimum Gasteiger partial charge on any atom is -0.490 e. The molecule has 0 unspecified atom stereocenters. The van der Waals surface area contributed by atoms with Crippen LogP contribution in [0.15, 0.2) is 60.8 Å². The van der Waals surface area contributed by atoms with E-state index >= 15 is 0 Å². The second-order valence-electron chi connectivity index (χ2n) is 5.54. The van der Waals surface area contributed by atoms with Crippen LogP contribution in [0.5, 0.6) is 17.4 Å². The van der Waals surface area contributed by atoms with Gasteiger partial charge >= 0.3 is 5.69 Å². The smallest absolute Gasteiger partial charge is 0.311 e. The Kier molecular flexibility index (Phi) is 5.71. The molecular weight excluding hydrogens is 386 g/mol. The first kappa shape index (κ1) is 19.1. The van der Waals surface area contributed by atoms with E-state index < -0.39 is 10.8 Å². The molecule has 0 saturated heterocycles. The van der Waals surface area contributed by atoms with Crippen LogP contribution in [0, 0.1) is 10.1 Å². The van der Waals surface area contributed by atoms with Gasteiger partial charge in [-0.25, -0.2) is 4.98 Å². The lowest BCUT2D eigenvalue weighted by molar-refractivity contribution is -0.385. The molecule has 1 N–H and O–H groups in total. The molecule has 0 aliphatic carbocycles. The number of aromatic nitrogens is 1. The van der Waals surface area contributed by atoms with E-state index in [9.17, 15) is 14.9 Å². The Balaban J connectivity index is 1.70. The molecule has 0 radical (unpaired) electrons. The van der Waals surface area contributed by atoms with E-state index in [-0.39, 0.29) is 17.0 Å². The summed E-state index contributed by atoms with van der Waals surface area (Å²) in [6.07, 6.45) is 1.42. The number of carbonyl (C=O) groups excluding carboxylic acids is 1. The van der Waals surface area contributed by atoms with Crippen LogP contribution in [-0.2, 0) is 0 Å². The van der Waals surface area contributed by atoms with E-state index in [4.69, 9.17) is 21.1 Å². The number of pyridine rings is 1. The molecule has 142 valence electrons. The Bertz CT molecular complexity index is 1010. The van der Waals surface area contributed by atoms with Crippen LogP contribution in [-0.4, -0.2) is 22.9 Å². The fourth-order valence-electron chi connectivity index (χ4n) is 2.32. The molecule has 8 nitrogen and oxygen atoms in total. The minimum absolute atomic E-state index is 0.0758. The molecule has 3 rings (SSSR count). The Morgan fingerprint density at radius 3 is 2.50 bits per heavy atom. The predicted molar refractivity (Wildman–Crippen MR) is 103 cm³/mol. The standard InChI is InChI=1S/C19H14ClN3O5/c1-27-17-8-2-12(10-16(17)23(25)26)19(24)22-14-5-9-18(21-11-14)28-15-6-3-13(20)4-7-15/h2-11H,1H3,(H,22,24). The number of nitrogens with one attached hydrogen (secondary N) is 1. The van der Waals surface area contributed by atoms with Gasteiger partial charge < -0.3 is 14.8 Å². The molecule has 0 fully saturated rings. The van der Waals surface area contributed by atoms with Gasteiger partial charge in [0.1, 0.15) is 5.75 Å². The quantitative estimate of drug-likeness (QED) is 0.476. The number of hydrogen-bond donors (Lipinski definition) is 1.